The monoisotopic (exact) mass is 236 g/mol. The molecule has 0 bridgehead atoms. The molecular weight excluding hydrogens is 220 g/mol. The van der Waals surface area contributed by atoms with Gasteiger partial charge in [0.2, 0.25) is 0 Å². The van der Waals surface area contributed by atoms with Gasteiger partial charge in [0.15, 0.2) is 0 Å². The number of carbonyl (C=O) groups excluding carboxylic acids is 1. The maximum Gasteiger partial charge on any atom is 0.409 e. The number of amides is 1. The van der Waals surface area contributed by atoms with Crippen LogP contribution in [0.1, 0.15) is 5.56 Å². The highest BCUT2D eigenvalue weighted by Gasteiger charge is 2.27. The van der Waals surface area contributed by atoms with Crippen molar-refractivity contribution < 1.29 is 14.3 Å². The maximum atomic E-state index is 11.6. The van der Waals surface area contributed by atoms with Crippen molar-refractivity contribution in [1.82, 2.24) is 9.88 Å². The lowest BCUT2D eigenvalue weighted by molar-refractivity contribution is -0.00414. The number of rotatable bonds is 2. The first-order chi connectivity index (χ1) is 8.31. The molecule has 2 heterocycles. The molecule has 1 unspecified atom stereocenters. The van der Waals surface area contributed by atoms with Crippen molar-refractivity contribution in [2.45, 2.75) is 12.5 Å². The first-order valence-electron chi connectivity index (χ1n) is 5.62. The van der Waals surface area contributed by atoms with Gasteiger partial charge in [0.05, 0.1) is 26.4 Å². The Bertz CT molecular complexity index is 369. The Kier molecular flexibility index (Phi) is 3.93. The van der Waals surface area contributed by atoms with Crippen molar-refractivity contribution in [3.05, 3.63) is 30.1 Å². The van der Waals surface area contributed by atoms with Crippen LogP contribution >= 0.6 is 0 Å². The van der Waals surface area contributed by atoms with E-state index < -0.39 is 0 Å². The van der Waals surface area contributed by atoms with Crippen LogP contribution in [0.4, 0.5) is 4.79 Å². The Hall–Kier alpha value is -1.62. The van der Waals surface area contributed by atoms with Crippen LogP contribution in [0.15, 0.2) is 24.5 Å². The van der Waals surface area contributed by atoms with Gasteiger partial charge in [0, 0.05) is 18.9 Å². The van der Waals surface area contributed by atoms with Crippen LogP contribution in [-0.2, 0) is 15.9 Å². The van der Waals surface area contributed by atoms with Crippen LogP contribution in [0.5, 0.6) is 0 Å². The van der Waals surface area contributed by atoms with E-state index in [2.05, 4.69) is 4.98 Å². The van der Waals surface area contributed by atoms with Gasteiger partial charge < -0.3 is 14.4 Å². The van der Waals surface area contributed by atoms with Crippen molar-refractivity contribution in [3.63, 3.8) is 0 Å². The third-order valence-electron chi connectivity index (χ3n) is 2.83. The van der Waals surface area contributed by atoms with Crippen molar-refractivity contribution >= 4 is 6.09 Å². The minimum atomic E-state index is -0.290. The van der Waals surface area contributed by atoms with Crippen LogP contribution < -0.4 is 0 Å². The van der Waals surface area contributed by atoms with Crippen LogP contribution in [0.2, 0.25) is 0 Å². The number of methoxy groups -OCH3 is 1. The Morgan fingerprint density at radius 3 is 3.29 bits per heavy atom. The number of morpholine rings is 1. The second-order valence-electron chi connectivity index (χ2n) is 3.96. The van der Waals surface area contributed by atoms with E-state index in [4.69, 9.17) is 9.47 Å². The number of hydrogen-bond donors (Lipinski definition) is 0. The van der Waals surface area contributed by atoms with Crippen molar-refractivity contribution in [1.29, 1.82) is 0 Å². The summed E-state index contributed by atoms with van der Waals surface area (Å²) in [5, 5.41) is 0. The highest BCUT2D eigenvalue weighted by molar-refractivity contribution is 5.68. The summed E-state index contributed by atoms with van der Waals surface area (Å²) in [4.78, 5) is 17.4. The zero-order chi connectivity index (χ0) is 12.1. The van der Waals surface area contributed by atoms with Gasteiger partial charge in [-0.05, 0) is 18.1 Å². The molecule has 0 saturated carbocycles. The fraction of sp³-hybridized carbons (Fsp3) is 0.500. The first kappa shape index (κ1) is 11.9. The number of pyridine rings is 1. The normalized spacial score (nSPS) is 20.1. The van der Waals surface area contributed by atoms with E-state index in [-0.39, 0.29) is 12.1 Å². The molecule has 1 aromatic heterocycles. The summed E-state index contributed by atoms with van der Waals surface area (Å²) in [5.41, 5.74) is 1.09. The largest absolute Gasteiger partial charge is 0.453 e. The molecule has 92 valence electrons. The Morgan fingerprint density at radius 1 is 1.71 bits per heavy atom. The van der Waals surface area contributed by atoms with E-state index in [1.807, 2.05) is 18.3 Å². The molecule has 0 N–H and O–H groups in total. The fourth-order valence-corrected chi connectivity index (χ4v) is 1.97. The van der Waals surface area contributed by atoms with Crippen LogP contribution in [-0.4, -0.2) is 48.9 Å². The summed E-state index contributed by atoms with van der Waals surface area (Å²) < 4.78 is 10.2. The lowest BCUT2D eigenvalue weighted by Gasteiger charge is -2.34. The summed E-state index contributed by atoms with van der Waals surface area (Å²) >= 11 is 0. The van der Waals surface area contributed by atoms with Gasteiger partial charge in [-0.25, -0.2) is 4.79 Å². The molecule has 1 fully saturated rings. The Balaban J connectivity index is 2.04. The molecule has 0 spiro atoms. The molecule has 2 rings (SSSR count). The van der Waals surface area contributed by atoms with E-state index in [9.17, 15) is 4.79 Å². The maximum absolute atomic E-state index is 11.6. The van der Waals surface area contributed by atoms with Gasteiger partial charge in [-0.15, -0.1) is 0 Å². The zero-order valence-electron chi connectivity index (χ0n) is 9.83. The molecule has 1 aliphatic heterocycles. The van der Waals surface area contributed by atoms with E-state index in [1.165, 1.54) is 7.11 Å². The summed E-state index contributed by atoms with van der Waals surface area (Å²) in [6.45, 7) is 1.69. The second kappa shape index (κ2) is 5.63. The molecule has 5 heteroatoms. The number of hydrogen-bond acceptors (Lipinski definition) is 4. The SMILES string of the molecule is COC(=O)N1CCOCC1Cc1cccnc1. The molecule has 0 aromatic carbocycles. The van der Waals surface area contributed by atoms with Crippen LogP contribution in [0.3, 0.4) is 0 Å². The van der Waals surface area contributed by atoms with Gasteiger partial charge in [0.1, 0.15) is 0 Å². The number of ether oxygens (including phenoxy) is 2. The van der Waals surface area contributed by atoms with Crippen molar-refractivity contribution in [2.75, 3.05) is 26.9 Å². The predicted octanol–water partition coefficient (Wildman–Crippen LogP) is 1.09. The number of nitrogens with zero attached hydrogens (tertiary/aromatic N) is 2. The summed E-state index contributed by atoms with van der Waals surface area (Å²) in [7, 11) is 1.40. The Morgan fingerprint density at radius 2 is 2.59 bits per heavy atom. The highest BCUT2D eigenvalue weighted by Crippen LogP contribution is 2.13. The predicted molar refractivity (Wildman–Crippen MR) is 61.7 cm³/mol. The van der Waals surface area contributed by atoms with Crippen LogP contribution in [0, 0.1) is 0 Å². The molecule has 0 aliphatic carbocycles. The number of carbonyl (C=O) groups is 1. The molecule has 5 nitrogen and oxygen atoms in total. The molecule has 1 aromatic rings. The van der Waals surface area contributed by atoms with Gasteiger partial charge in [0.25, 0.3) is 0 Å². The summed E-state index contributed by atoms with van der Waals surface area (Å²) in [6, 6.07) is 3.92. The average Bonchev–Trinajstić information content (AvgIpc) is 2.40. The lowest BCUT2D eigenvalue weighted by atomic mass is 10.1. The minimum absolute atomic E-state index is 0.0281. The van der Waals surface area contributed by atoms with Crippen LogP contribution in [0.25, 0.3) is 0 Å². The molecule has 0 radical (unpaired) electrons. The molecule has 1 atom stereocenters. The third kappa shape index (κ3) is 2.94. The van der Waals surface area contributed by atoms with E-state index >= 15 is 0 Å². The van der Waals surface area contributed by atoms with Gasteiger partial charge in [-0.2, -0.15) is 0 Å². The average molecular weight is 236 g/mol. The standard InChI is InChI=1S/C12H16N2O3/c1-16-12(15)14-5-6-17-9-11(14)7-10-3-2-4-13-8-10/h2-4,8,11H,5-7,9H2,1H3. The number of aromatic nitrogens is 1. The molecule has 1 aliphatic rings. The van der Waals surface area contributed by atoms with E-state index in [0.29, 0.717) is 19.8 Å². The summed E-state index contributed by atoms with van der Waals surface area (Å²) in [5.74, 6) is 0. The van der Waals surface area contributed by atoms with E-state index in [0.717, 1.165) is 12.0 Å². The molecule has 1 amide bonds. The molecule has 1 saturated heterocycles. The van der Waals surface area contributed by atoms with Crippen molar-refractivity contribution in [3.8, 4) is 0 Å². The smallest absolute Gasteiger partial charge is 0.409 e. The fourth-order valence-electron chi connectivity index (χ4n) is 1.97. The second-order valence-corrected chi connectivity index (χ2v) is 3.96. The topological polar surface area (TPSA) is 51.7 Å². The van der Waals surface area contributed by atoms with Crippen molar-refractivity contribution in [2.24, 2.45) is 0 Å². The quantitative estimate of drug-likeness (QED) is 0.771. The Labute approximate surface area is 100 Å². The van der Waals surface area contributed by atoms with Gasteiger partial charge in [-0.3, -0.25) is 4.98 Å². The highest BCUT2D eigenvalue weighted by atomic mass is 16.5. The summed E-state index contributed by atoms with van der Waals surface area (Å²) in [6.07, 6.45) is 3.99. The first-order valence-corrected chi connectivity index (χ1v) is 5.62. The van der Waals surface area contributed by atoms with Gasteiger partial charge in [-0.1, -0.05) is 6.07 Å². The van der Waals surface area contributed by atoms with Gasteiger partial charge >= 0.3 is 6.09 Å². The molecule has 17 heavy (non-hydrogen) atoms. The zero-order valence-corrected chi connectivity index (χ0v) is 9.83. The molecular formula is C12H16N2O3. The third-order valence-corrected chi connectivity index (χ3v) is 2.83. The lowest BCUT2D eigenvalue weighted by Crippen LogP contribution is -2.49. The van der Waals surface area contributed by atoms with E-state index in [1.54, 1.807) is 11.1 Å². The minimum Gasteiger partial charge on any atom is -0.453 e.